The lowest BCUT2D eigenvalue weighted by atomic mass is 10.00. The highest BCUT2D eigenvalue weighted by molar-refractivity contribution is 6.03. The van der Waals surface area contributed by atoms with Gasteiger partial charge < -0.3 is 10.0 Å². The Balaban J connectivity index is 1.91. The number of aromatic hydroxyl groups is 1. The molecule has 0 amide bonds. The summed E-state index contributed by atoms with van der Waals surface area (Å²) in [6, 6.07) is 15.0. The second-order valence-electron chi connectivity index (χ2n) is 4.78. The van der Waals surface area contributed by atoms with Crippen molar-refractivity contribution in [3.05, 3.63) is 59.7 Å². The van der Waals surface area contributed by atoms with Crippen LogP contribution in [0.25, 0.3) is 0 Å². The SMILES string of the molecule is O=C1CCN(Cc2cccc(O)c2)c2ccccc21. The van der Waals surface area contributed by atoms with Crippen LogP contribution in [0.15, 0.2) is 48.5 Å². The first-order valence-electron chi connectivity index (χ1n) is 6.39. The molecule has 0 fully saturated rings. The molecule has 1 heterocycles. The van der Waals surface area contributed by atoms with E-state index < -0.39 is 0 Å². The molecule has 3 rings (SSSR count). The molecule has 0 unspecified atom stereocenters. The topological polar surface area (TPSA) is 40.5 Å². The van der Waals surface area contributed by atoms with Crippen LogP contribution in [0.2, 0.25) is 0 Å². The van der Waals surface area contributed by atoms with Crippen molar-refractivity contribution in [2.24, 2.45) is 0 Å². The van der Waals surface area contributed by atoms with E-state index in [1.807, 2.05) is 36.4 Å². The van der Waals surface area contributed by atoms with E-state index in [1.165, 1.54) is 0 Å². The Hall–Kier alpha value is -2.29. The van der Waals surface area contributed by atoms with Gasteiger partial charge in [-0.3, -0.25) is 4.79 Å². The van der Waals surface area contributed by atoms with Crippen molar-refractivity contribution >= 4 is 11.5 Å². The smallest absolute Gasteiger partial charge is 0.166 e. The number of nitrogens with zero attached hydrogens (tertiary/aromatic N) is 1. The van der Waals surface area contributed by atoms with Crippen LogP contribution in [0.1, 0.15) is 22.3 Å². The molecule has 0 atom stereocenters. The third-order valence-electron chi connectivity index (χ3n) is 3.44. The van der Waals surface area contributed by atoms with Gasteiger partial charge in [-0.1, -0.05) is 24.3 Å². The minimum absolute atomic E-state index is 0.211. The molecule has 1 N–H and O–H groups in total. The molecule has 0 saturated carbocycles. The number of rotatable bonds is 2. The molecule has 0 saturated heterocycles. The Kier molecular flexibility index (Phi) is 2.95. The van der Waals surface area contributed by atoms with Crippen LogP contribution in [-0.4, -0.2) is 17.4 Å². The lowest BCUT2D eigenvalue weighted by Gasteiger charge is -2.30. The zero-order chi connectivity index (χ0) is 13.2. The number of benzene rings is 2. The fourth-order valence-electron chi connectivity index (χ4n) is 2.52. The molecule has 96 valence electrons. The molecule has 0 radical (unpaired) electrons. The number of carbonyl (C=O) groups excluding carboxylic acids is 1. The van der Waals surface area contributed by atoms with Gasteiger partial charge in [0.25, 0.3) is 0 Å². The van der Waals surface area contributed by atoms with Crippen LogP contribution < -0.4 is 4.90 Å². The Bertz CT molecular complexity index is 622. The number of para-hydroxylation sites is 1. The molecule has 3 heteroatoms. The Morgan fingerprint density at radius 3 is 2.79 bits per heavy atom. The fraction of sp³-hybridized carbons (Fsp3) is 0.188. The lowest BCUT2D eigenvalue weighted by Crippen LogP contribution is -2.31. The van der Waals surface area contributed by atoms with Crippen molar-refractivity contribution in [1.82, 2.24) is 0 Å². The maximum absolute atomic E-state index is 11.9. The summed E-state index contributed by atoms with van der Waals surface area (Å²) < 4.78 is 0. The molecule has 2 aromatic carbocycles. The highest BCUT2D eigenvalue weighted by Gasteiger charge is 2.22. The largest absolute Gasteiger partial charge is 0.508 e. The maximum atomic E-state index is 11.9. The van der Waals surface area contributed by atoms with E-state index in [9.17, 15) is 9.90 Å². The van der Waals surface area contributed by atoms with E-state index in [4.69, 9.17) is 0 Å². The van der Waals surface area contributed by atoms with Gasteiger partial charge in [0.1, 0.15) is 5.75 Å². The van der Waals surface area contributed by atoms with Crippen LogP contribution in [0.5, 0.6) is 5.75 Å². The van der Waals surface area contributed by atoms with Crippen molar-refractivity contribution in [3.63, 3.8) is 0 Å². The molecule has 1 aliphatic rings. The second-order valence-corrected chi connectivity index (χ2v) is 4.78. The number of fused-ring (bicyclic) bond motifs is 1. The normalized spacial score (nSPS) is 14.3. The highest BCUT2D eigenvalue weighted by Crippen LogP contribution is 2.28. The minimum atomic E-state index is 0.211. The number of phenolic OH excluding ortho intramolecular Hbond substituents is 1. The standard InChI is InChI=1S/C16H15NO2/c18-13-5-3-4-12(10-13)11-17-9-8-16(19)14-6-1-2-7-15(14)17/h1-7,10,18H,8-9,11H2. The number of hydrogen-bond donors (Lipinski definition) is 1. The van der Waals surface area contributed by atoms with Gasteiger partial charge >= 0.3 is 0 Å². The average Bonchev–Trinajstić information content (AvgIpc) is 2.42. The second kappa shape index (κ2) is 4.76. The van der Waals surface area contributed by atoms with Gasteiger partial charge in [-0.15, -0.1) is 0 Å². The first-order chi connectivity index (χ1) is 9.24. The summed E-state index contributed by atoms with van der Waals surface area (Å²) >= 11 is 0. The summed E-state index contributed by atoms with van der Waals surface area (Å²) in [5, 5.41) is 9.51. The van der Waals surface area contributed by atoms with Crippen LogP contribution in [0.3, 0.4) is 0 Å². The summed E-state index contributed by atoms with van der Waals surface area (Å²) in [5.74, 6) is 0.488. The van der Waals surface area contributed by atoms with Crippen molar-refractivity contribution in [2.45, 2.75) is 13.0 Å². The third kappa shape index (κ3) is 2.32. The van der Waals surface area contributed by atoms with E-state index in [0.29, 0.717) is 13.0 Å². The van der Waals surface area contributed by atoms with Crippen LogP contribution in [0, 0.1) is 0 Å². The molecule has 19 heavy (non-hydrogen) atoms. The van der Waals surface area contributed by atoms with Crippen molar-refractivity contribution in [2.75, 3.05) is 11.4 Å². The Morgan fingerprint density at radius 2 is 1.95 bits per heavy atom. The number of phenols is 1. The fourth-order valence-corrected chi connectivity index (χ4v) is 2.52. The van der Waals surface area contributed by atoms with Gasteiger partial charge in [-0.05, 0) is 29.8 Å². The summed E-state index contributed by atoms with van der Waals surface area (Å²) in [4.78, 5) is 14.1. The van der Waals surface area contributed by atoms with E-state index >= 15 is 0 Å². The van der Waals surface area contributed by atoms with Crippen LogP contribution >= 0.6 is 0 Å². The van der Waals surface area contributed by atoms with E-state index in [0.717, 1.165) is 23.4 Å². The number of anilines is 1. The number of Topliss-reactive ketones (excluding diaryl/α,β-unsaturated/α-hetero) is 1. The Morgan fingerprint density at radius 1 is 1.11 bits per heavy atom. The summed E-state index contributed by atoms with van der Waals surface area (Å²) in [6.07, 6.45) is 0.551. The zero-order valence-corrected chi connectivity index (χ0v) is 10.5. The van der Waals surface area contributed by atoms with Gasteiger partial charge in [0, 0.05) is 30.8 Å². The molecule has 3 nitrogen and oxygen atoms in total. The molecule has 0 spiro atoms. The molecule has 0 aromatic heterocycles. The lowest BCUT2D eigenvalue weighted by molar-refractivity contribution is 0.0979. The predicted molar refractivity (Wildman–Crippen MR) is 74.5 cm³/mol. The average molecular weight is 253 g/mol. The number of ketones is 1. The van der Waals surface area contributed by atoms with Gasteiger partial charge in [0.2, 0.25) is 0 Å². The Labute approximate surface area is 112 Å². The summed E-state index contributed by atoms with van der Waals surface area (Å²) in [6.45, 7) is 1.43. The highest BCUT2D eigenvalue weighted by atomic mass is 16.3. The molecule has 0 aliphatic carbocycles. The van der Waals surface area contributed by atoms with E-state index in [-0.39, 0.29) is 11.5 Å². The molecule has 2 aromatic rings. The first kappa shape index (κ1) is 11.8. The third-order valence-corrected chi connectivity index (χ3v) is 3.44. The van der Waals surface area contributed by atoms with E-state index in [2.05, 4.69) is 4.90 Å². The van der Waals surface area contributed by atoms with Gasteiger partial charge in [0.15, 0.2) is 5.78 Å². The van der Waals surface area contributed by atoms with Crippen LogP contribution in [-0.2, 0) is 6.54 Å². The zero-order valence-electron chi connectivity index (χ0n) is 10.5. The number of carbonyl (C=O) groups is 1. The molecule has 1 aliphatic heterocycles. The maximum Gasteiger partial charge on any atom is 0.166 e. The molecule has 0 bridgehead atoms. The van der Waals surface area contributed by atoms with Crippen molar-refractivity contribution in [1.29, 1.82) is 0 Å². The number of hydrogen-bond acceptors (Lipinski definition) is 3. The quantitative estimate of drug-likeness (QED) is 0.894. The van der Waals surface area contributed by atoms with Crippen molar-refractivity contribution in [3.8, 4) is 5.75 Å². The van der Waals surface area contributed by atoms with E-state index in [1.54, 1.807) is 12.1 Å². The first-order valence-corrected chi connectivity index (χ1v) is 6.39. The van der Waals surface area contributed by atoms with Gasteiger partial charge in [-0.2, -0.15) is 0 Å². The van der Waals surface area contributed by atoms with Gasteiger partial charge in [-0.25, -0.2) is 0 Å². The van der Waals surface area contributed by atoms with Crippen molar-refractivity contribution < 1.29 is 9.90 Å². The van der Waals surface area contributed by atoms with Crippen LogP contribution in [0.4, 0.5) is 5.69 Å². The van der Waals surface area contributed by atoms with Gasteiger partial charge in [0.05, 0.1) is 0 Å². The molecular formula is C16H15NO2. The summed E-state index contributed by atoms with van der Waals surface area (Å²) in [7, 11) is 0. The summed E-state index contributed by atoms with van der Waals surface area (Å²) in [5.41, 5.74) is 2.83. The monoisotopic (exact) mass is 253 g/mol. The molecular weight excluding hydrogens is 238 g/mol. The minimum Gasteiger partial charge on any atom is -0.508 e. The predicted octanol–water partition coefficient (Wildman–Crippen LogP) is 2.99.